The average Bonchev–Trinajstić information content (AvgIpc) is 3.18. The maximum Gasteiger partial charge on any atom is 0.251 e. The fraction of sp³-hybridized carbons (Fsp3) is 0.192. The first-order valence-corrected chi connectivity index (χ1v) is 12.4. The molecule has 1 aromatic heterocycles. The number of aromatic nitrogens is 1. The van der Waals surface area contributed by atoms with E-state index in [1.165, 1.54) is 10.3 Å². The van der Waals surface area contributed by atoms with E-state index < -0.39 is 0 Å². The molecule has 4 aromatic rings. The van der Waals surface area contributed by atoms with E-state index in [-0.39, 0.29) is 5.91 Å². The van der Waals surface area contributed by atoms with Gasteiger partial charge in [-0.2, -0.15) is 0 Å². The second-order valence-electron chi connectivity index (χ2n) is 7.45. The maximum atomic E-state index is 12.5. The lowest BCUT2D eigenvalue weighted by Gasteiger charge is -2.08. The summed E-state index contributed by atoms with van der Waals surface area (Å²) in [5.74, 6) is 1.46. The standard InChI is InChI=1S/C26H24Cl2N2O2S/c1-2-32-20-10-8-19(9-11-20)26(31)29-13-14-30-16-25(21-5-3-4-6-24(21)30)33-17-18-7-12-22(27)23(28)15-18/h3-12,15-16H,2,13-14,17H2,1H3,(H,29,31). The Kier molecular flexibility index (Phi) is 7.86. The minimum atomic E-state index is -0.0938. The van der Waals surface area contributed by atoms with Crippen molar-refractivity contribution >= 4 is 51.8 Å². The molecule has 0 aliphatic carbocycles. The fourth-order valence-electron chi connectivity index (χ4n) is 3.56. The van der Waals surface area contributed by atoms with Crippen molar-refractivity contribution in [2.75, 3.05) is 13.2 Å². The Balaban J connectivity index is 1.40. The molecule has 1 N–H and O–H groups in total. The largest absolute Gasteiger partial charge is 0.494 e. The van der Waals surface area contributed by atoms with E-state index in [2.05, 4.69) is 28.2 Å². The summed E-state index contributed by atoms with van der Waals surface area (Å²) in [6.07, 6.45) is 2.15. The Morgan fingerprint density at radius 1 is 1.03 bits per heavy atom. The molecule has 0 bridgehead atoms. The first-order chi connectivity index (χ1) is 16.0. The molecule has 3 aromatic carbocycles. The summed E-state index contributed by atoms with van der Waals surface area (Å²) in [5.41, 5.74) is 2.88. The van der Waals surface area contributed by atoms with E-state index in [0.29, 0.717) is 35.3 Å². The van der Waals surface area contributed by atoms with Gasteiger partial charge in [-0.15, -0.1) is 11.8 Å². The lowest BCUT2D eigenvalue weighted by Crippen LogP contribution is -2.27. The summed E-state index contributed by atoms with van der Waals surface area (Å²) in [4.78, 5) is 13.7. The third-order valence-corrected chi connectivity index (χ3v) is 7.05. The molecule has 0 saturated heterocycles. The van der Waals surface area contributed by atoms with Crippen LogP contribution in [0.5, 0.6) is 5.75 Å². The van der Waals surface area contributed by atoms with Crippen LogP contribution in [0.3, 0.4) is 0 Å². The van der Waals surface area contributed by atoms with E-state index in [1.807, 2.05) is 49.4 Å². The number of halogens is 2. The number of nitrogens with zero attached hydrogens (tertiary/aromatic N) is 1. The monoisotopic (exact) mass is 498 g/mol. The molecule has 1 amide bonds. The van der Waals surface area contributed by atoms with Gasteiger partial charge in [-0.1, -0.05) is 47.5 Å². The predicted molar refractivity (Wildman–Crippen MR) is 138 cm³/mol. The van der Waals surface area contributed by atoms with Gasteiger partial charge in [0.25, 0.3) is 5.91 Å². The van der Waals surface area contributed by atoms with Gasteiger partial charge >= 0.3 is 0 Å². The minimum absolute atomic E-state index is 0.0938. The molecule has 4 rings (SSSR count). The van der Waals surface area contributed by atoms with Crippen molar-refractivity contribution in [3.63, 3.8) is 0 Å². The van der Waals surface area contributed by atoms with E-state index in [1.54, 1.807) is 23.9 Å². The quantitative estimate of drug-likeness (QED) is 0.251. The summed E-state index contributed by atoms with van der Waals surface area (Å²) >= 11 is 13.9. The normalized spacial score (nSPS) is 11.0. The zero-order valence-corrected chi connectivity index (χ0v) is 20.5. The highest BCUT2D eigenvalue weighted by molar-refractivity contribution is 7.98. The molecule has 0 atom stereocenters. The molecule has 0 aliphatic rings. The SMILES string of the molecule is CCOc1ccc(C(=O)NCCn2cc(SCc3ccc(Cl)c(Cl)c3)c3ccccc32)cc1. The number of amides is 1. The van der Waals surface area contributed by atoms with Crippen LogP contribution in [-0.2, 0) is 12.3 Å². The summed E-state index contributed by atoms with van der Waals surface area (Å²) in [6, 6.07) is 21.2. The third kappa shape index (κ3) is 5.85. The van der Waals surface area contributed by atoms with Crippen molar-refractivity contribution in [2.24, 2.45) is 0 Å². The van der Waals surface area contributed by atoms with Crippen molar-refractivity contribution in [3.8, 4) is 5.75 Å². The number of rotatable bonds is 9. The van der Waals surface area contributed by atoms with Gasteiger partial charge in [0.1, 0.15) is 5.75 Å². The molecule has 4 nitrogen and oxygen atoms in total. The number of hydrogen-bond acceptors (Lipinski definition) is 3. The number of nitrogens with one attached hydrogen (secondary N) is 1. The molecule has 7 heteroatoms. The van der Waals surface area contributed by atoms with Gasteiger partial charge in [0.15, 0.2) is 0 Å². The van der Waals surface area contributed by atoms with Crippen molar-refractivity contribution < 1.29 is 9.53 Å². The van der Waals surface area contributed by atoms with Crippen LogP contribution in [-0.4, -0.2) is 23.6 Å². The third-order valence-electron chi connectivity index (χ3n) is 5.20. The van der Waals surface area contributed by atoms with E-state index >= 15 is 0 Å². The maximum absolute atomic E-state index is 12.5. The molecule has 0 radical (unpaired) electrons. The molecule has 0 unspecified atom stereocenters. The van der Waals surface area contributed by atoms with Crippen molar-refractivity contribution in [1.29, 1.82) is 0 Å². The van der Waals surface area contributed by atoms with Gasteiger partial charge in [0, 0.05) is 46.4 Å². The molecule has 1 heterocycles. The second kappa shape index (κ2) is 11.0. The van der Waals surface area contributed by atoms with Gasteiger partial charge in [0.05, 0.1) is 16.7 Å². The summed E-state index contributed by atoms with van der Waals surface area (Å²) < 4.78 is 7.62. The number of carbonyl (C=O) groups excluding carboxylic acids is 1. The van der Waals surface area contributed by atoms with Crippen molar-refractivity contribution in [2.45, 2.75) is 24.1 Å². The molecular formula is C26H24Cl2N2O2S. The summed E-state index contributed by atoms with van der Waals surface area (Å²) in [6.45, 7) is 3.74. The van der Waals surface area contributed by atoms with Crippen LogP contribution in [0.1, 0.15) is 22.8 Å². The topological polar surface area (TPSA) is 43.3 Å². The van der Waals surface area contributed by atoms with Gasteiger partial charge in [-0.05, 0) is 55.0 Å². The molecular weight excluding hydrogens is 475 g/mol. The lowest BCUT2D eigenvalue weighted by atomic mass is 10.2. The van der Waals surface area contributed by atoms with Crippen LogP contribution in [0.25, 0.3) is 10.9 Å². The van der Waals surface area contributed by atoms with E-state index in [9.17, 15) is 4.79 Å². The number of para-hydroxylation sites is 1. The number of fused-ring (bicyclic) bond motifs is 1. The predicted octanol–water partition coefficient (Wildman–Crippen LogP) is 7.07. The Hall–Kier alpha value is -2.60. The highest BCUT2D eigenvalue weighted by atomic mass is 35.5. The molecule has 170 valence electrons. The lowest BCUT2D eigenvalue weighted by molar-refractivity contribution is 0.0952. The van der Waals surface area contributed by atoms with Crippen molar-refractivity contribution in [1.82, 2.24) is 9.88 Å². The minimum Gasteiger partial charge on any atom is -0.494 e. The van der Waals surface area contributed by atoms with Gasteiger partial charge in [-0.3, -0.25) is 4.79 Å². The number of benzene rings is 3. The zero-order valence-electron chi connectivity index (χ0n) is 18.2. The Labute approximate surface area is 207 Å². The fourth-order valence-corrected chi connectivity index (χ4v) is 4.92. The van der Waals surface area contributed by atoms with Crippen LogP contribution in [0.15, 0.2) is 77.8 Å². The zero-order chi connectivity index (χ0) is 23.2. The Morgan fingerprint density at radius 3 is 2.58 bits per heavy atom. The number of hydrogen-bond donors (Lipinski definition) is 1. The van der Waals surface area contributed by atoms with Crippen LogP contribution in [0, 0.1) is 0 Å². The molecule has 0 spiro atoms. The first-order valence-electron chi connectivity index (χ1n) is 10.7. The highest BCUT2D eigenvalue weighted by Crippen LogP contribution is 2.33. The molecule has 0 saturated carbocycles. The van der Waals surface area contributed by atoms with Crippen molar-refractivity contribution in [3.05, 3.63) is 94.1 Å². The molecule has 33 heavy (non-hydrogen) atoms. The van der Waals surface area contributed by atoms with Gasteiger partial charge in [-0.25, -0.2) is 0 Å². The Bertz CT molecular complexity index is 1260. The van der Waals surface area contributed by atoms with Gasteiger partial charge in [0.2, 0.25) is 0 Å². The smallest absolute Gasteiger partial charge is 0.251 e. The molecule has 0 fully saturated rings. The van der Waals surface area contributed by atoms with Gasteiger partial charge < -0.3 is 14.6 Å². The Morgan fingerprint density at radius 2 is 1.82 bits per heavy atom. The number of ether oxygens (including phenoxy) is 1. The number of carbonyl (C=O) groups is 1. The number of thioether (sulfide) groups is 1. The second-order valence-corrected chi connectivity index (χ2v) is 9.29. The van der Waals surface area contributed by atoms with Crippen LogP contribution in [0.2, 0.25) is 10.0 Å². The summed E-state index contributed by atoms with van der Waals surface area (Å²) in [7, 11) is 0. The van der Waals surface area contributed by atoms with E-state index in [4.69, 9.17) is 27.9 Å². The molecule has 0 aliphatic heterocycles. The van der Waals surface area contributed by atoms with Crippen LogP contribution < -0.4 is 10.1 Å². The summed E-state index contributed by atoms with van der Waals surface area (Å²) in [5, 5.41) is 5.34. The van der Waals surface area contributed by atoms with Crippen LogP contribution >= 0.6 is 35.0 Å². The average molecular weight is 499 g/mol. The van der Waals surface area contributed by atoms with Crippen LogP contribution in [0.4, 0.5) is 0 Å². The van der Waals surface area contributed by atoms with E-state index in [0.717, 1.165) is 22.6 Å². The highest BCUT2D eigenvalue weighted by Gasteiger charge is 2.11. The first kappa shape index (κ1) is 23.6.